The van der Waals surface area contributed by atoms with Crippen LogP contribution in [0.1, 0.15) is 18.4 Å². The van der Waals surface area contributed by atoms with E-state index in [-0.39, 0.29) is 10.3 Å². The zero-order chi connectivity index (χ0) is 18.8. The van der Waals surface area contributed by atoms with Crippen molar-refractivity contribution >= 4 is 38.9 Å². The SMILES string of the molecule is CS(=O)(=O)c1cccnc1NCC1(c2ccc(Cl)cc2Cl)CCOCC1. The number of sulfone groups is 1. The van der Waals surface area contributed by atoms with Crippen molar-refractivity contribution in [2.75, 3.05) is 31.3 Å². The zero-order valence-electron chi connectivity index (χ0n) is 14.3. The van der Waals surface area contributed by atoms with E-state index in [1.54, 1.807) is 24.4 Å². The predicted molar refractivity (Wildman–Crippen MR) is 104 cm³/mol. The zero-order valence-corrected chi connectivity index (χ0v) is 16.7. The van der Waals surface area contributed by atoms with Gasteiger partial charge in [-0.1, -0.05) is 29.3 Å². The van der Waals surface area contributed by atoms with Gasteiger partial charge in [-0.25, -0.2) is 13.4 Å². The molecule has 2 heterocycles. The molecule has 0 radical (unpaired) electrons. The van der Waals surface area contributed by atoms with E-state index in [0.717, 1.165) is 18.4 Å². The van der Waals surface area contributed by atoms with E-state index in [2.05, 4.69) is 10.3 Å². The van der Waals surface area contributed by atoms with Crippen molar-refractivity contribution in [1.29, 1.82) is 0 Å². The Hall–Kier alpha value is -1.34. The normalized spacial score (nSPS) is 17.0. The van der Waals surface area contributed by atoms with Crippen LogP contribution in [0.15, 0.2) is 41.4 Å². The van der Waals surface area contributed by atoms with Crippen LogP contribution < -0.4 is 5.32 Å². The van der Waals surface area contributed by atoms with Crippen LogP contribution in [0.5, 0.6) is 0 Å². The summed E-state index contributed by atoms with van der Waals surface area (Å²) in [5.74, 6) is 0.353. The summed E-state index contributed by atoms with van der Waals surface area (Å²) in [6.45, 7) is 1.72. The molecule has 1 saturated heterocycles. The fourth-order valence-corrected chi connectivity index (χ4v) is 4.71. The minimum absolute atomic E-state index is 0.185. The highest BCUT2D eigenvalue weighted by molar-refractivity contribution is 7.90. The summed E-state index contributed by atoms with van der Waals surface area (Å²) in [4.78, 5) is 4.40. The standard InChI is InChI=1S/C18H20Cl2N2O3S/c1-26(23,24)16-3-2-8-21-17(16)22-12-18(6-9-25-10-7-18)14-5-4-13(19)11-15(14)20/h2-5,8,11H,6-7,9-10,12H2,1H3,(H,21,22). The molecular formula is C18H20Cl2N2O3S. The number of hydrogen-bond acceptors (Lipinski definition) is 5. The Morgan fingerprint density at radius 3 is 2.62 bits per heavy atom. The van der Waals surface area contributed by atoms with Crippen molar-refractivity contribution in [3.05, 3.63) is 52.1 Å². The van der Waals surface area contributed by atoms with Gasteiger partial charge < -0.3 is 10.1 Å². The van der Waals surface area contributed by atoms with E-state index in [0.29, 0.717) is 35.6 Å². The van der Waals surface area contributed by atoms with Gasteiger partial charge in [-0.3, -0.25) is 0 Å². The number of ether oxygens (including phenoxy) is 1. The van der Waals surface area contributed by atoms with Crippen LogP contribution in [-0.4, -0.2) is 39.4 Å². The van der Waals surface area contributed by atoms with Crippen LogP contribution in [0.2, 0.25) is 10.0 Å². The van der Waals surface area contributed by atoms with Crippen LogP contribution >= 0.6 is 23.2 Å². The van der Waals surface area contributed by atoms with Gasteiger partial charge in [0.15, 0.2) is 9.84 Å². The largest absolute Gasteiger partial charge is 0.381 e. The molecule has 1 N–H and O–H groups in total. The van der Waals surface area contributed by atoms with Gasteiger partial charge in [0.2, 0.25) is 0 Å². The summed E-state index contributed by atoms with van der Waals surface area (Å²) in [6.07, 6.45) is 4.28. The Kier molecular flexibility index (Phi) is 5.77. The van der Waals surface area contributed by atoms with Crippen molar-refractivity contribution in [3.63, 3.8) is 0 Å². The Labute approximate surface area is 163 Å². The maximum absolute atomic E-state index is 12.0. The van der Waals surface area contributed by atoms with Gasteiger partial charge in [0.1, 0.15) is 10.7 Å². The lowest BCUT2D eigenvalue weighted by Gasteiger charge is -2.38. The number of halogens is 2. The van der Waals surface area contributed by atoms with E-state index in [9.17, 15) is 8.42 Å². The Morgan fingerprint density at radius 2 is 1.96 bits per heavy atom. The van der Waals surface area contributed by atoms with Gasteiger partial charge in [-0.2, -0.15) is 0 Å². The first kappa shape index (κ1) is 19.4. The van der Waals surface area contributed by atoms with Gasteiger partial charge in [0.05, 0.1) is 0 Å². The maximum atomic E-state index is 12.0. The highest BCUT2D eigenvalue weighted by atomic mass is 35.5. The van der Waals surface area contributed by atoms with Gasteiger partial charge in [-0.05, 0) is 42.7 Å². The predicted octanol–water partition coefficient (Wildman–Crippen LogP) is 3.95. The Morgan fingerprint density at radius 1 is 1.23 bits per heavy atom. The lowest BCUT2D eigenvalue weighted by Crippen LogP contribution is -2.40. The van der Waals surface area contributed by atoms with Crippen LogP contribution in [0, 0.1) is 0 Å². The number of aromatic nitrogens is 1. The first-order valence-corrected chi connectivity index (χ1v) is 10.9. The second-order valence-corrected chi connectivity index (χ2v) is 9.32. The first-order chi connectivity index (χ1) is 12.3. The number of benzene rings is 1. The number of nitrogens with one attached hydrogen (secondary N) is 1. The van der Waals surface area contributed by atoms with Crippen molar-refractivity contribution < 1.29 is 13.2 Å². The second-order valence-electron chi connectivity index (χ2n) is 6.49. The molecule has 8 heteroatoms. The lowest BCUT2D eigenvalue weighted by molar-refractivity contribution is 0.0544. The highest BCUT2D eigenvalue weighted by Gasteiger charge is 2.36. The highest BCUT2D eigenvalue weighted by Crippen LogP contribution is 2.40. The summed E-state index contributed by atoms with van der Waals surface area (Å²) in [5.41, 5.74) is 0.697. The molecule has 5 nitrogen and oxygen atoms in total. The van der Waals surface area contributed by atoms with Gasteiger partial charge >= 0.3 is 0 Å². The van der Waals surface area contributed by atoms with E-state index in [1.807, 2.05) is 12.1 Å². The molecule has 1 fully saturated rings. The summed E-state index contributed by atoms with van der Waals surface area (Å²) in [7, 11) is -3.38. The Balaban J connectivity index is 1.94. The number of hydrogen-bond donors (Lipinski definition) is 1. The van der Waals surface area contributed by atoms with Crippen molar-refractivity contribution in [3.8, 4) is 0 Å². The monoisotopic (exact) mass is 414 g/mol. The second kappa shape index (κ2) is 7.72. The third-order valence-corrected chi connectivity index (χ3v) is 6.39. The van der Waals surface area contributed by atoms with Crippen molar-refractivity contribution in [1.82, 2.24) is 4.98 Å². The minimum Gasteiger partial charge on any atom is -0.381 e. The molecule has 0 spiro atoms. The van der Waals surface area contributed by atoms with Crippen molar-refractivity contribution in [2.24, 2.45) is 0 Å². The smallest absolute Gasteiger partial charge is 0.179 e. The first-order valence-electron chi connectivity index (χ1n) is 8.24. The van der Waals surface area contributed by atoms with Crippen LogP contribution in [0.3, 0.4) is 0 Å². The van der Waals surface area contributed by atoms with Gasteiger partial charge in [0.25, 0.3) is 0 Å². The lowest BCUT2D eigenvalue weighted by atomic mass is 9.74. The fraction of sp³-hybridized carbons (Fsp3) is 0.389. The quantitative estimate of drug-likeness (QED) is 0.801. The molecular weight excluding hydrogens is 395 g/mol. The van der Waals surface area contributed by atoms with E-state index >= 15 is 0 Å². The summed E-state index contributed by atoms with van der Waals surface area (Å²) in [5, 5.41) is 4.42. The molecule has 26 heavy (non-hydrogen) atoms. The molecule has 1 aliphatic rings. The molecule has 2 aromatic rings. The summed E-state index contributed by atoms with van der Waals surface area (Å²) < 4.78 is 29.6. The number of nitrogens with zero attached hydrogens (tertiary/aromatic N) is 1. The average molecular weight is 415 g/mol. The van der Waals surface area contributed by atoms with Crippen molar-refractivity contribution in [2.45, 2.75) is 23.2 Å². The molecule has 1 aromatic carbocycles. The third-order valence-electron chi connectivity index (χ3n) is 4.72. The minimum atomic E-state index is -3.38. The third kappa shape index (κ3) is 4.14. The number of anilines is 1. The van der Waals surface area contributed by atoms with Gasteiger partial charge in [-0.15, -0.1) is 0 Å². The topological polar surface area (TPSA) is 68.3 Å². The number of rotatable bonds is 5. The molecule has 140 valence electrons. The maximum Gasteiger partial charge on any atom is 0.179 e. The average Bonchev–Trinajstić information content (AvgIpc) is 2.60. The molecule has 0 atom stereocenters. The van der Waals surface area contributed by atoms with Crippen LogP contribution in [0.4, 0.5) is 5.82 Å². The van der Waals surface area contributed by atoms with Crippen LogP contribution in [0.25, 0.3) is 0 Å². The number of pyridine rings is 1. The van der Waals surface area contributed by atoms with E-state index in [1.165, 1.54) is 6.26 Å². The molecule has 0 saturated carbocycles. The van der Waals surface area contributed by atoms with E-state index < -0.39 is 9.84 Å². The molecule has 0 aliphatic carbocycles. The fourth-order valence-electron chi connectivity index (χ4n) is 3.30. The molecule has 1 aliphatic heterocycles. The molecule has 3 rings (SSSR count). The summed E-state index contributed by atoms with van der Waals surface area (Å²) in [6, 6.07) is 8.66. The summed E-state index contributed by atoms with van der Waals surface area (Å²) >= 11 is 12.5. The van der Waals surface area contributed by atoms with Gasteiger partial charge in [0, 0.05) is 47.7 Å². The van der Waals surface area contributed by atoms with Crippen LogP contribution in [-0.2, 0) is 20.0 Å². The molecule has 0 bridgehead atoms. The molecule has 1 aromatic heterocycles. The van der Waals surface area contributed by atoms with E-state index in [4.69, 9.17) is 27.9 Å². The Bertz CT molecular complexity index is 897. The molecule has 0 unspecified atom stereocenters. The molecule has 0 amide bonds.